The quantitative estimate of drug-likeness (QED) is 0.925. The van der Waals surface area contributed by atoms with Crippen LogP contribution < -0.4 is 5.32 Å². The first-order valence-corrected chi connectivity index (χ1v) is 6.56. The van der Waals surface area contributed by atoms with Gasteiger partial charge in [-0.05, 0) is 27.0 Å². The molecule has 0 bridgehead atoms. The topological polar surface area (TPSA) is 24.9 Å². The molecule has 2 rings (SSSR count). The molecular formula is C11H15ClN2S2. The molecule has 0 radical (unpaired) electrons. The summed E-state index contributed by atoms with van der Waals surface area (Å²) in [6.07, 6.45) is 0. The Morgan fingerprint density at radius 2 is 2.12 bits per heavy atom. The first-order chi connectivity index (χ1) is 7.20. The van der Waals surface area contributed by atoms with Crippen LogP contribution in [0.15, 0.2) is 11.4 Å². The minimum Gasteiger partial charge on any atom is -0.314 e. The van der Waals surface area contributed by atoms with Gasteiger partial charge in [-0.1, -0.05) is 0 Å². The lowest BCUT2D eigenvalue weighted by molar-refractivity contribution is 0.811. The largest absolute Gasteiger partial charge is 0.314 e. The van der Waals surface area contributed by atoms with E-state index in [4.69, 9.17) is 0 Å². The van der Waals surface area contributed by atoms with Gasteiger partial charge in [-0.2, -0.15) is 0 Å². The van der Waals surface area contributed by atoms with Gasteiger partial charge in [0.25, 0.3) is 0 Å². The fourth-order valence-electron chi connectivity index (χ4n) is 1.55. The van der Waals surface area contributed by atoms with Crippen LogP contribution in [-0.2, 0) is 6.54 Å². The van der Waals surface area contributed by atoms with Crippen LogP contribution in [0, 0.1) is 13.8 Å². The summed E-state index contributed by atoms with van der Waals surface area (Å²) in [5, 5.41) is 6.41. The van der Waals surface area contributed by atoms with Gasteiger partial charge in [0.15, 0.2) is 0 Å². The standard InChI is InChI=1S/C11H14N2S2.ClH/c1-7-4-9(8(2)15-7)10-6-14-11(13-10)5-12-3;/h4,6,12H,5H2,1-3H3;1H. The molecule has 0 aliphatic carbocycles. The van der Waals surface area contributed by atoms with Crippen LogP contribution in [0.5, 0.6) is 0 Å². The first-order valence-electron chi connectivity index (χ1n) is 4.87. The lowest BCUT2D eigenvalue weighted by atomic mass is 10.2. The van der Waals surface area contributed by atoms with E-state index in [-0.39, 0.29) is 12.4 Å². The SMILES string of the molecule is CNCc1nc(-c2cc(C)sc2C)cs1.Cl. The van der Waals surface area contributed by atoms with Crippen LogP contribution in [0.4, 0.5) is 0 Å². The van der Waals surface area contributed by atoms with Gasteiger partial charge in [0, 0.05) is 27.2 Å². The van der Waals surface area contributed by atoms with Crippen molar-refractivity contribution in [2.24, 2.45) is 0 Å². The van der Waals surface area contributed by atoms with E-state index in [0.717, 1.165) is 17.2 Å². The van der Waals surface area contributed by atoms with Crippen molar-refractivity contribution in [3.63, 3.8) is 0 Å². The van der Waals surface area contributed by atoms with E-state index in [2.05, 4.69) is 35.6 Å². The van der Waals surface area contributed by atoms with E-state index in [0.29, 0.717) is 0 Å². The maximum absolute atomic E-state index is 4.61. The molecule has 0 unspecified atom stereocenters. The molecule has 0 aliphatic heterocycles. The van der Waals surface area contributed by atoms with Crippen molar-refractivity contribution in [2.45, 2.75) is 20.4 Å². The Labute approximate surface area is 110 Å². The minimum atomic E-state index is 0. The number of aromatic nitrogens is 1. The maximum Gasteiger partial charge on any atom is 0.107 e. The highest BCUT2D eigenvalue weighted by atomic mass is 35.5. The van der Waals surface area contributed by atoms with Gasteiger partial charge in [0.2, 0.25) is 0 Å². The Bertz CT molecular complexity index is 462. The van der Waals surface area contributed by atoms with E-state index in [1.54, 1.807) is 11.3 Å². The number of aryl methyl sites for hydroxylation is 2. The molecule has 0 saturated heterocycles. The van der Waals surface area contributed by atoms with Gasteiger partial charge < -0.3 is 5.32 Å². The number of nitrogens with zero attached hydrogens (tertiary/aromatic N) is 1. The fraction of sp³-hybridized carbons (Fsp3) is 0.364. The predicted molar refractivity (Wildman–Crippen MR) is 74.9 cm³/mol. The number of thiophene rings is 1. The summed E-state index contributed by atoms with van der Waals surface area (Å²) >= 11 is 3.55. The van der Waals surface area contributed by atoms with Gasteiger partial charge >= 0.3 is 0 Å². The smallest absolute Gasteiger partial charge is 0.107 e. The zero-order valence-electron chi connectivity index (χ0n) is 9.53. The molecule has 0 amide bonds. The van der Waals surface area contributed by atoms with Crippen LogP contribution in [0.2, 0.25) is 0 Å². The highest BCUT2D eigenvalue weighted by Gasteiger charge is 2.09. The molecule has 88 valence electrons. The van der Waals surface area contributed by atoms with Crippen LogP contribution in [0.1, 0.15) is 14.8 Å². The summed E-state index contributed by atoms with van der Waals surface area (Å²) in [5.74, 6) is 0. The summed E-state index contributed by atoms with van der Waals surface area (Å²) in [6, 6.07) is 2.22. The number of hydrogen-bond acceptors (Lipinski definition) is 4. The molecular weight excluding hydrogens is 260 g/mol. The van der Waals surface area contributed by atoms with Crippen molar-refractivity contribution >= 4 is 35.1 Å². The molecule has 2 aromatic rings. The number of hydrogen-bond donors (Lipinski definition) is 1. The normalized spacial score (nSPS) is 10.2. The van der Waals surface area contributed by atoms with Crippen molar-refractivity contribution < 1.29 is 0 Å². The zero-order valence-corrected chi connectivity index (χ0v) is 12.0. The molecule has 5 heteroatoms. The monoisotopic (exact) mass is 274 g/mol. The van der Waals surface area contributed by atoms with E-state index >= 15 is 0 Å². The number of nitrogens with one attached hydrogen (secondary N) is 1. The average molecular weight is 275 g/mol. The van der Waals surface area contributed by atoms with E-state index in [9.17, 15) is 0 Å². The first kappa shape index (κ1) is 13.6. The lowest BCUT2D eigenvalue weighted by Gasteiger charge is -1.93. The van der Waals surface area contributed by atoms with Crippen molar-refractivity contribution in [3.05, 3.63) is 26.2 Å². The van der Waals surface area contributed by atoms with E-state index in [1.165, 1.54) is 15.3 Å². The maximum atomic E-state index is 4.61. The third-order valence-electron chi connectivity index (χ3n) is 2.20. The Hall–Kier alpha value is -0.420. The molecule has 2 aromatic heterocycles. The number of halogens is 1. The molecule has 0 saturated carbocycles. The molecule has 16 heavy (non-hydrogen) atoms. The Morgan fingerprint density at radius 1 is 1.38 bits per heavy atom. The lowest BCUT2D eigenvalue weighted by Crippen LogP contribution is -2.04. The van der Waals surface area contributed by atoms with Crippen molar-refractivity contribution in [1.82, 2.24) is 10.3 Å². The molecule has 0 aromatic carbocycles. The Morgan fingerprint density at radius 3 is 2.69 bits per heavy atom. The Kier molecular flexibility index (Phi) is 4.92. The molecule has 0 spiro atoms. The second-order valence-corrected chi connectivity index (χ2v) is 5.89. The highest BCUT2D eigenvalue weighted by Crippen LogP contribution is 2.31. The summed E-state index contributed by atoms with van der Waals surface area (Å²) < 4.78 is 0. The summed E-state index contributed by atoms with van der Waals surface area (Å²) in [7, 11) is 1.95. The molecule has 0 fully saturated rings. The predicted octanol–water partition coefficient (Wildman–Crippen LogP) is 3.63. The van der Waals surface area contributed by atoms with E-state index in [1.807, 2.05) is 18.4 Å². The number of thiazole rings is 1. The van der Waals surface area contributed by atoms with Gasteiger partial charge in [-0.3, -0.25) is 0 Å². The van der Waals surface area contributed by atoms with Crippen molar-refractivity contribution in [2.75, 3.05) is 7.05 Å². The van der Waals surface area contributed by atoms with Crippen LogP contribution in [-0.4, -0.2) is 12.0 Å². The summed E-state index contributed by atoms with van der Waals surface area (Å²) in [4.78, 5) is 7.31. The fourth-order valence-corrected chi connectivity index (χ4v) is 3.29. The van der Waals surface area contributed by atoms with Crippen molar-refractivity contribution in [3.8, 4) is 11.3 Å². The summed E-state index contributed by atoms with van der Waals surface area (Å²) in [5.41, 5.74) is 2.41. The zero-order chi connectivity index (χ0) is 10.8. The molecule has 1 N–H and O–H groups in total. The van der Waals surface area contributed by atoms with Crippen molar-refractivity contribution in [1.29, 1.82) is 0 Å². The highest BCUT2D eigenvalue weighted by molar-refractivity contribution is 7.12. The third kappa shape index (κ3) is 2.83. The van der Waals surface area contributed by atoms with Crippen LogP contribution in [0.3, 0.4) is 0 Å². The second kappa shape index (κ2) is 5.77. The molecule has 0 aliphatic rings. The van der Waals surface area contributed by atoms with E-state index < -0.39 is 0 Å². The van der Waals surface area contributed by atoms with Gasteiger partial charge in [0.05, 0.1) is 5.69 Å². The second-order valence-electron chi connectivity index (χ2n) is 3.48. The minimum absolute atomic E-state index is 0. The third-order valence-corrected chi connectivity index (χ3v) is 4.01. The summed E-state index contributed by atoms with van der Waals surface area (Å²) in [6.45, 7) is 5.15. The molecule has 2 heterocycles. The van der Waals surface area contributed by atoms with Gasteiger partial charge in [-0.25, -0.2) is 4.98 Å². The molecule has 2 nitrogen and oxygen atoms in total. The van der Waals surface area contributed by atoms with Crippen LogP contribution >= 0.6 is 35.1 Å². The average Bonchev–Trinajstić information content (AvgIpc) is 2.73. The Balaban J connectivity index is 0.00000128. The van der Waals surface area contributed by atoms with Crippen LogP contribution in [0.25, 0.3) is 11.3 Å². The van der Waals surface area contributed by atoms with Gasteiger partial charge in [-0.15, -0.1) is 35.1 Å². The van der Waals surface area contributed by atoms with Gasteiger partial charge in [0.1, 0.15) is 5.01 Å². The molecule has 0 atom stereocenters. The number of rotatable bonds is 3.